The molecule has 1 atom stereocenters. The first kappa shape index (κ1) is 13.5. The van der Waals surface area contributed by atoms with Crippen molar-refractivity contribution in [3.8, 4) is 0 Å². The molecule has 1 fully saturated rings. The van der Waals surface area contributed by atoms with Crippen molar-refractivity contribution < 1.29 is 14.3 Å². The number of esters is 1. The van der Waals surface area contributed by atoms with E-state index in [2.05, 4.69) is 20.9 Å². The molecule has 0 radical (unpaired) electrons. The van der Waals surface area contributed by atoms with E-state index < -0.39 is 6.04 Å². The summed E-state index contributed by atoms with van der Waals surface area (Å²) >= 11 is 3.32. The molecule has 1 aliphatic rings. The van der Waals surface area contributed by atoms with Crippen molar-refractivity contribution in [3.05, 3.63) is 28.5 Å². The summed E-state index contributed by atoms with van der Waals surface area (Å²) in [5.74, 6) is -0.289. The lowest BCUT2D eigenvalue weighted by Crippen LogP contribution is -2.42. The van der Waals surface area contributed by atoms with Crippen LogP contribution >= 0.6 is 15.9 Å². The molecule has 1 saturated heterocycles. The molecular formula is C12H15BrN2O3. The minimum absolute atomic E-state index is 0.289. The van der Waals surface area contributed by atoms with Crippen molar-refractivity contribution >= 4 is 21.9 Å². The number of pyridine rings is 1. The van der Waals surface area contributed by atoms with Crippen LogP contribution in [0.1, 0.15) is 11.7 Å². The second kappa shape index (κ2) is 6.26. The van der Waals surface area contributed by atoms with E-state index in [0.717, 1.165) is 0 Å². The van der Waals surface area contributed by atoms with Gasteiger partial charge in [0.05, 0.1) is 26.0 Å². The molecule has 2 heterocycles. The predicted molar refractivity (Wildman–Crippen MR) is 69.1 cm³/mol. The molecule has 0 aromatic carbocycles. The van der Waals surface area contributed by atoms with Crippen molar-refractivity contribution in [1.29, 1.82) is 0 Å². The summed E-state index contributed by atoms with van der Waals surface area (Å²) in [6.07, 6.45) is 0. The summed E-state index contributed by atoms with van der Waals surface area (Å²) in [5, 5.41) is 0. The number of aromatic nitrogens is 1. The third-order valence-corrected chi connectivity index (χ3v) is 3.29. The lowest BCUT2D eigenvalue weighted by atomic mass is 10.1. The molecule has 0 amide bonds. The summed E-state index contributed by atoms with van der Waals surface area (Å²) < 4.78 is 10.9. The zero-order valence-electron chi connectivity index (χ0n) is 10.1. The maximum absolute atomic E-state index is 12.0. The fourth-order valence-electron chi connectivity index (χ4n) is 1.98. The predicted octanol–water partition coefficient (Wildman–Crippen LogP) is 1.39. The summed E-state index contributed by atoms with van der Waals surface area (Å²) in [5.41, 5.74) is 0.693. The van der Waals surface area contributed by atoms with Crippen LogP contribution in [0.25, 0.3) is 0 Å². The summed E-state index contributed by atoms with van der Waals surface area (Å²) in [4.78, 5) is 18.3. The lowest BCUT2D eigenvalue weighted by molar-refractivity contribution is -0.149. The zero-order valence-corrected chi connectivity index (χ0v) is 11.7. The Bertz CT molecular complexity index is 422. The normalized spacial score (nSPS) is 18.3. The van der Waals surface area contributed by atoms with Crippen molar-refractivity contribution in [2.75, 3.05) is 33.4 Å². The molecule has 1 aromatic rings. The molecule has 6 heteroatoms. The lowest BCUT2D eigenvalue weighted by Gasteiger charge is -2.32. The first-order valence-electron chi connectivity index (χ1n) is 5.74. The minimum atomic E-state index is -0.462. The highest BCUT2D eigenvalue weighted by atomic mass is 79.9. The molecular weight excluding hydrogens is 300 g/mol. The van der Waals surface area contributed by atoms with Gasteiger partial charge in [0.1, 0.15) is 4.60 Å². The Kier molecular flexibility index (Phi) is 4.68. The Morgan fingerprint density at radius 1 is 1.50 bits per heavy atom. The van der Waals surface area contributed by atoms with Crippen molar-refractivity contribution in [1.82, 2.24) is 9.88 Å². The van der Waals surface area contributed by atoms with Gasteiger partial charge in [-0.05, 0) is 28.1 Å². The summed E-state index contributed by atoms with van der Waals surface area (Å²) in [7, 11) is 1.40. The van der Waals surface area contributed by atoms with Crippen molar-refractivity contribution in [2.45, 2.75) is 6.04 Å². The van der Waals surface area contributed by atoms with Gasteiger partial charge in [-0.15, -0.1) is 0 Å². The Morgan fingerprint density at radius 3 is 2.83 bits per heavy atom. The van der Waals surface area contributed by atoms with Crippen LogP contribution in [0.5, 0.6) is 0 Å². The number of morpholine rings is 1. The minimum Gasteiger partial charge on any atom is -0.468 e. The Labute approximate surface area is 114 Å². The molecule has 18 heavy (non-hydrogen) atoms. The molecule has 0 aliphatic carbocycles. The van der Waals surface area contributed by atoms with Crippen LogP contribution in [0.4, 0.5) is 0 Å². The summed E-state index contributed by atoms with van der Waals surface area (Å²) in [6, 6.07) is 5.07. The highest BCUT2D eigenvalue weighted by Crippen LogP contribution is 2.23. The molecule has 0 N–H and O–H groups in total. The van der Waals surface area contributed by atoms with Gasteiger partial charge in [-0.25, -0.2) is 9.78 Å². The van der Waals surface area contributed by atoms with E-state index in [1.54, 1.807) is 0 Å². The van der Waals surface area contributed by atoms with E-state index in [1.807, 2.05) is 23.1 Å². The average Bonchev–Trinajstić information content (AvgIpc) is 2.40. The number of carbonyl (C=O) groups excluding carboxylic acids is 1. The van der Waals surface area contributed by atoms with Crippen LogP contribution in [-0.4, -0.2) is 49.3 Å². The van der Waals surface area contributed by atoms with E-state index >= 15 is 0 Å². The number of rotatable bonds is 3. The highest BCUT2D eigenvalue weighted by Gasteiger charge is 2.31. The number of hydrogen-bond donors (Lipinski definition) is 0. The average molecular weight is 315 g/mol. The third kappa shape index (κ3) is 3.07. The van der Waals surface area contributed by atoms with Gasteiger partial charge in [-0.3, -0.25) is 4.90 Å². The quantitative estimate of drug-likeness (QED) is 0.623. The highest BCUT2D eigenvalue weighted by molar-refractivity contribution is 9.10. The van der Waals surface area contributed by atoms with Gasteiger partial charge in [-0.1, -0.05) is 6.07 Å². The third-order valence-electron chi connectivity index (χ3n) is 2.85. The van der Waals surface area contributed by atoms with E-state index in [1.165, 1.54) is 7.11 Å². The van der Waals surface area contributed by atoms with Gasteiger partial charge in [0.2, 0.25) is 0 Å². The number of hydrogen-bond acceptors (Lipinski definition) is 5. The molecule has 0 saturated carbocycles. The van der Waals surface area contributed by atoms with Crippen molar-refractivity contribution in [3.63, 3.8) is 0 Å². The van der Waals surface area contributed by atoms with E-state index in [4.69, 9.17) is 9.47 Å². The smallest absolute Gasteiger partial charge is 0.329 e. The van der Waals surface area contributed by atoms with E-state index in [9.17, 15) is 4.79 Å². The fourth-order valence-corrected chi connectivity index (χ4v) is 2.34. The molecule has 1 aromatic heterocycles. The first-order chi connectivity index (χ1) is 8.72. The maximum atomic E-state index is 12.0. The molecule has 98 valence electrons. The van der Waals surface area contributed by atoms with Crippen LogP contribution in [0.3, 0.4) is 0 Å². The maximum Gasteiger partial charge on any atom is 0.329 e. The number of carbonyl (C=O) groups is 1. The molecule has 2 rings (SSSR count). The first-order valence-corrected chi connectivity index (χ1v) is 6.54. The Hall–Kier alpha value is -0.980. The van der Waals surface area contributed by atoms with Gasteiger partial charge in [0.15, 0.2) is 6.04 Å². The van der Waals surface area contributed by atoms with Gasteiger partial charge >= 0.3 is 5.97 Å². The topological polar surface area (TPSA) is 51.7 Å². The molecule has 5 nitrogen and oxygen atoms in total. The Balaban J connectivity index is 2.26. The monoisotopic (exact) mass is 314 g/mol. The van der Waals surface area contributed by atoms with Crippen LogP contribution in [-0.2, 0) is 14.3 Å². The second-order valence-corrected chi connectivity index (χ2v) is 4.77. The van der Waals surface area contributed by atoms with E-state index in [0.29, 0.717) is 36.6 Å². The SMILES string of the molecule is COC(=O)C(c1cccc(Br)n1)N1CCOCC1. The summed E-state index contributed by atoms with van der Waals surface area (Å²) in [6.45, 7) is 2.66. The molecule has 0 spiro atoms. The Morgan fingerprint density at radius 2 is 2.22 bits per heavy atom. The van der Waals surface area contributed by atoms with Crippen LogP contribution in [0.15, 0.2) is 22.8 Å². The number of methoxy groups -OCH3 is 1. The molecule has 1 aliphatic heterocycles. The molecule has 0 bridgehead atoms. The van der Waals surface area contributed by atoms with E-state index in [-0.39, 0.29) is 5.97 Å². The fraction of sp³-hybridized carbons (Fsp3) is 0.500. The van der Waals surface area contributed by atoms with Crippen LogP contribution in [0.2, 0.25) is 0 Å². The largest absolute Gasteiger partial charge is 0.468 e. The second-order valence-electron chi connectivity index (χ2n) is 3.96. The van der Waals surface area contributed by atoms with Gasteiger partial charge in [0.25, 0.3) is 0 Å². The van der Waals surface area contributed by atoms with Crippen LogP contribution in [0, 0.1) is 0 Å². The zero-order chi connectivity index (χ0) is 13.0. The number of halogens is 1. The molecule has 1 unspecified atom stereocenters. The van der Waals surface area contributed by atoms with Gasteiger partial charge < -0.3 is 9.47 Å². The number of nitrogens with zero attached hydrogens (tertiary/aromatic N) is 2. The van der Waals surface area contributed by atoms with Crippen molar-refractivity contribution in [2.24, 2.45) is 0 Å². The van der Waals surface area contributed by atoms with Gasteiger partial charge in [-0.2, -0.15) is 0 Å². The standard InChI is InChI=1S/C12H15BrN2O3/c1-17-12(16)11(15-5-7-18-8-6-15)9-3-2-4-10(13)14-9/h2-4,11H,5-8H2,1H3. The van der Waals surface area contributed by atoms with Gasteiger partial charge in [0, 0.05) is 13.1 Å². The number of ether oxygens (including phenoxy) is 2. The van der Waals surface area contributed by atoms with Crippen LogP contribution < -0.4 is 0 Å².